The number of aliphatic hydroxyl groups is 4. The number of hydrogen-bond donors (Lipinski definition) is 6. The van der Waals surface area contributed by atoms with Gasteiger partial charge in [0, 0.05) is 6.66 Å². The van der Waals surface area contributed by atoms with Crippen LogP contribution in [0.25, 0.3) is 0 Å². The van der Waals surface area contributed by atoms with Gasteiger partial charge in [-0.2, -0.15) is 0 Å². The summed E-state index contributed by atoms with van der Waals surface area (Å²) in [6.45, 7) is 2.25. The van der Waals surface area contributed by atoms with Crippen LogP contribution in [0.5, 0.6) is 0 Å². The molecule has 0 amide bonds. The Hall–Kier alpha value is -0.0900. The molecule has 0 unspecified atom stereocenters. The molecule has 10 heteroatoms. The van der Waals surface area contributed by atoms with Crippen LogP contribution in [0.15, 0.2) is 0 Å². The maximum atomic E-state index is 9.33. The average molecular weight is 308 g/mol. The molecule has 0 heterocycles. The first kappa shape index (κ1) is 24.0. The highest BCUT2D eigenvalue weighted by Gasteiger charge is 1.95. The maximum Gasteiger partial charge on any atom is 0.322 e. The largest absolute Gasteiger partial charge is 0.394 e. The van der Waals surface area contributed by atoms with E-state index in [2.05, 4.69) is 9.47 Å². The van der Waals surface area contributed by atoms with Gasteiger partial charge in [-0.25, -0.2) is 0 Å². The molecule has 0 aromatic rings. The van der Waals surface area contributed by atoms with Gasteiger partial charge in [-0.3, -0.25) is 4.57 Å². The van der Waals surface area contributed by atoms with Crippen molar-refractivity contribution in [3.63, 3.8) is 0 Å². The lowest BCUT2D eigenvalue weighted by atomic mass is 10.7. The molecule has 0 aromatic carbocycles. The molecular formula is C9H25O9P. The van der Waals surface area contributed by atoms with Gasteiger partial charge in [-0.1, -0.05) is 0 Å². The Morgan fingerprint density at radius 3 is 1.00 bits per heavy atom. The molecule has 19 heavy (non-hydrogen) atoms. The lowest BCUT2D eigenvalue weighted by Crippen LogP contribution is -2.03. The SMILES string of the molecule is CP(=O)(O)O.OCCOCCO.OCCOCCO. The molecule has 0 aliphatic heterocycles. The van der Waals surface area contributed by atoms with Crippen LogP contribution in [-0.2, 0) is 14.0 Å². The highest BCUT2D eigenvalue weighted by atomic mass is 31.2. The summed E-state index contributed by atoms with van der Waals surface area (Å²) in [6.07, 6.45) is 0. The summed E-state index contributed by atoms with van der Waals surface area (Å²) in [6, 6.07) is 0. The molecule has 0 radical (unpaired) electrons. The lowest BCUT2D eigenvalue weighted by molar-refractivity contribution is 0.0649. The summed E-state index contributed by atoms with van der Waals surface area (Å²) in [5.41, 5.74) is 0. The van der Waals surface area contributed by atoms with Crippen LogP contribution in [0.4, 0.5) is 0 Å². The molecule has 9 nitrogen and oxygen atoms in total. The predicted molar refractivity (Wildman–Crippen MR) is 67.9 cm³/mol. The van der Waals surface area contributed by atoms with E-state index in [9.17, 15) is 4.57 Å². The monoisotopic (exact) mass is 308 g/mol. The average Bonchev–Trinajstić information content (AvgIpc) is 2.29. The number of hydrogen-bond acceptors (Lipinski definition) is 7. The van der Waals surface area contributed by atoms with Crippen molar-refractivity contribution in [2.75, 3.05) is 59.5 Å². The van der Waals surface area contributed by atoms with E-state index in [1.807, 2.05) is 0 Å². The van der Waals surface area contributed by atoms with E-state index in [0.717, 1.165) is 6.66 Å². The minimum absolute atomic E-state index is 0.0278. The minimum atomic E-state index is -3.64. The van der Waals surface area contributed by atoms with Crippen molar-refractivity contribution >= 4 is 7.60 Å². The molecule has 120 valence electrons. The second-order valence-electron chi connectivity index (χ2n) is 2.95. The van der Waals surface area contributed by atoms with Gasteiger partial charge in [0.15, 0.2) is 0 Å². The number of rotatable bonds is 8. The topological polar surface area (TPSA) is 157 Å². The fourth-order valence-corrected chi connectivity index (χ4v) is 0.462. The van der Waals surface area contributed by atoms with Gasteiger partial charge in [0.05, 0.1) is 52.9 Å². The van der Waals surface area contributed by atoms with Gasteiger partial charge in [-0.15, -0.1) is 0 Å². The summed E-state index contributed by atoms with van der Waals surface area (Å²) in [7, 11) is -3.64. The van der Waals surface area contributed by atoms with E-state index in [4.69, 9.17) is 30.2 Å². The molecule has 0 aliphatic rings. The third-order valence-electron chi connectivity index (χ3n) is 0.942. The van der Waals surface area contributed by atoms with Crippen LogP contribution in [0.3, 0.4) is 0 Å². The summed E-state index contributed by atoms with van der Waals surface area (Å²) in [5, 5.41) is 32.3. The van der Waals surface area contributed by atoms with Gasteiger partial charge in [0.25, 0.3) is 0 Å². The van der Waals surface area contributed by atoms with Crippen LogP contribution in [0.2, 0.25) is 0 Å². The van der Waals surface area contributed by atoms with Crippen LogP contribution < -0.4 is 0 Å². The number of aliphatic hydroxyl groups excluding tert-OH is 4. The van der Waals surface area contributed by atoms with Crippen LogP contribution in [-0.4, -0.2) is 89.7 Å². The molecule has 0 bridgehead atoms. The Bertz CT molecular complexity index is 158. The normalized spacial score (nSPS) is 10.1. The highest BCUT2D eigenvalue weighted by molar-refractivity contribution is 7.50. The van der Waals surface area contributed by atoms with E-state index >= 15 is 0 Å². The number of ether oxygens (including phenoxy) is 2. The van der Waals surface area contributed by atoms with Crippen molar-refractivity contribution in [2.24, 2.45) is 0 Å². The molecule has 0 aliphatic carbocycles. The molecule has 6 N–H and O–H groups in total. The Kier molecular flexibility index (Phi) is 25.5. The summed E-state index contributed by atoms with van der Waals surface area (Å²) >= 11 is 0. The first-order valence-electron chi connectivity index (χ1n) is 5.45. The molecule has 0 saturated carbocycles. The smallest absolute Gasteiger partial charge is 0.322 e. The van der Waals surface area contributed by atoms with Crippen LogP contribution in [0.1, 0.15) is 0 Å². The molecule has 0 rings (SSSR count). The Balaban J connectivity index is -0.000000206. The minimum Gasteiger partial charge on any atom is -0.394 e. The third kappa shape index (κ3) is 72.5. The van der Waals surface area contributed by atoms with Crippen molar-refractivity contribution in [2.45, 2.75) is 0 Å². The van der Waals surface area contributed by atoms with Gasteiger partial charge in [0.1, 0.15) is 0 Å². The second-order valence-corrected chi connectivity index (χ2v) is 4.63. The molecule has 0 atom stereocenters. The third-order valence-corrected chi connectivity index (χ3v) is 0.942. The first-order chi connectivity index (χ1) is 8.83. The molecule has 0 spiro atoms. The highest BCUT2D eigenvalue weighted by Crippen LogP contribution is 2.26. The van der Waals surface area contributed by atoms with Crippen molar-refractivity contribution < 1.29 is 44.3 Å². The zero-order chi connectivity index (χ0) is 15.6. The predicted octanol–water partition coefficient (Wildman–Crippen LogP) is -2.23. The molecular weight excluding hydrogens is 283 g/mol. The van der Waals surface area contributed by atoms with Gasteiger partial charge in [-0.05, 0) is 0 Å². The van der Waals surface area contributed by atoms with Crippen molar-refractivity contribution in [3.05, 3.63) is 0 Å². The van der Waals surface area contributed by atoms with Crippen LogP contribution in [0, 0.1) is 0 Å². The quantitative estimate of drug-likeness (QED) is 0.216. The summed E-state index contributed by atoms with van der Waals surface area (Å²) < 4.78 is 18.6. The van der Waals surface area contributed by atoms with Gasteiger partial charge >= 0.3 is 7.60 Å². The van der Waals surface area contributed by atoms with E-state index < -0.39 is 7.60 Å². The Morgan fingerprint density at radius 2 is 0.895 bits per heavy atom. The standard InChI is InChI=1S/2C4H10O3.CH5O3P/c2*5-1-3-7-4-2-6;1-5(2,3)4/h2*5-6H,1-4H2;1H3,(H2,2,3,4). The Labute approximate surface area is 112 Å². The Morgan fingerprint density at radius 1 is 0.737 bits per heavy atom. The van der Waals surface area contributed by atoms with Crippen LogP contribution >= 0.6 is 7.60 Å². The van der Waals surface area contributed by atoms with Crippen molar-refractivity contribution in [1.29, 1.82) is 0 Å². The van der Waals surface area contributed by atoms with E-state index in [0.29, 0.717) is 26.4 Å². The fraction of sp³-hybridized carbons (Fsp3) is 1.00. The van der Waals surface area contributed by atoms with Crippen molar-refractivity contribution in [1.82, 2.24) is 0 Å². The summed E-state index contributed by atoms with van der Waals surface area (Å²) in [4.78, 5) is 15.3. The van der Waals surface area contributed by atoms with Crippen molar-refractivity contribution in [3.8, 4) is 0 Å². The van der Waals surface area contributed by atoms with E-state index in [-0.39, 0.29) is 26.4 Å². The molecule has 0 fully saturated rings. The van der Waals surface area contributed by atoms with Gasteiger partial charge < -0.3 is 39.7 Å². The maximum absolute atomic E-state index is 9.33. The van der Waals surface area contributed by atoms with E-state index in [1.165, 1.54) is 0 Å². The zero-order valence-corrected chi connectivity index (χ0v) is 11.9. The first-order valence-corrected chi connectivity index (χ1v) is 7.51. The fourth-order valence-electron chi connectivity index (χ4n) is 0.462. The second kappa shape index (κ2) is 20.2. The lowest BCUT2D eigenvalue weighted by Gasteiger charge is -1.94. The molecule has 0 aromatic heterocycles. The zero-order valence-electron chi connectivity index (χ0n) is 11.0. The van der Waals surface area contributed by atoms with E-state index in [1.54, 1.807) is 0 Å². The van der Waals surface area contributed by atoms with Gasteiger partial charge in [0.2, 0.25) is 0 Å². The molecule has 0 saturated heterocycles. The summed E-state index contributed by atoms with van der Waals surface area (Å²) in [5.74, 6) is 0.